The Balaban J connectivity index is 1.27. The standard InChI is InChI=1S/C34H38FN5O3/c1-4-24-27(35)8-7-22-13-23(36)14-25(30(22)24)29-15-28-26(18-42-29)31(39-11-5-9-33(3,41)19-39)38-32(37-28)43-20-34-10-6-12-40(34)17-21(2)16-34/h1,7-8,13-14,29,41H,2,5-6,9-12,15-20,36H2,3H3/t29-,33-,34+/m1/s1. The fourth-order valence-electron chi connectivity index (χ4n) is 7.70. The number of aliphatic hydroxyl groups is 1. The summed E-state index contributed by atoms with van der Waals surface area (Å²) in [5, 5.41) is 12.3. The largest absolute Gasteiger partial charge is 0.461 e. The first-order chi connectivity index (χ1) is 20.6. The summed E-state index contributed by atoms with van der Waals surface area (Å²) in [6.07, 6.45) is 10.4. The zero-order valence-corrected chi connectivity index (χ0v) is 24.7. The Labute approximate surface area is 251 Å². The van der Waals surface area contributed by atoms with Crippen LogP contribution in [0.15, 0.2) is 36.4 Å². The molecule has 1 aromatic heterocycles. The van der Waals surface area contributed by atoms with E-state index >= 15 is 0 Å². The summed E-state index contributed by atoms with van der Waals surface area (Å²) in [4.78, 5) is 14.5. The topological polar surface area (TPSA) is 97.0 Å². The molecule has 3 atom stereocenters. The summed E-state index contributed by atoms with van der Waals surface area (Å²) in [6, 6.07) is 7.01. The average Bonchev–Trinajstić information content (AvgIpc) is 3.50. The van der Waals surface area contributed by atoms with Gasteiger partial charge < -0.3 is 25.2 Å². The van der Waals surface area contributed by atoms with Crippen molar-refractivity contribution in [2.24, 2.45) is 0 Å². The van der Waals surface area contributed by atoms with Crippen molar-refractivity contribution in [3.8, 4) is 18.4 Å². The molecule has 43 heavy (non-hydrogen) atoms. The Morgan fingerprint density at radius 3 is 2.91 bits per heavy atom. The third kappa shape index (κ3) is 5.01. The van der Waals surface area contributed by atoms with Crippen LogP contribution in [0.4, 0.5) is 15.9 Å². The number of piperidine rings is 1. The molecule has 4 aliphatic heterocycles. The Bertz CT molecular complexity index is 1670. The lowest BCUT2D eigenvalue weighted by atomic mass is 9.91. The highest BCUT2D eigenvalue weighted by Crippen LogP contribution is 2.43. The number of nitrogens with zero attached hydrogens (tertiary/aromatic N) is 4. The minimum atomic E-state index is -0.821. The Hall–Kier alpha value is -3.71. The van der Waals surface area contributed by atoms with Crippen molar-refractivity contribution < 1.29 is 19.0 Å². The number of anilines is 2. The molecule has 8 nitrogen and oxygen atoms in total. The van der Waals surface area contributed by atoms with Crippen LogP contribution in [0, 0.1) is 18.2 Å². The lowest BCUT2D eigenvalue weighted by Crippen LogP contribution is -2.47. The highest BCUT2D eigenvalue weighted by Gasteiger charge is 2.46. The molecule has 0 amide bonds. The summed E-state index contributed by atoms with van der Waals surface area (Å²) < 4.78 is 27.7. The second-order valence-electron chi connectivity index (χ2n) is 13.0. The number of β-amino-alcohol motifs (C(OH)–C–C–N with tert-alkyl or cyclic N) is 1. The van der Waals surface area contributed by atoms with Crippen molar-refractivity contribution in [2.75, 3.05) is 43.4 Å². The highest BCUT2D eigenvalue weighted by molar-refractivity contribution is 5.94. The number of nitrogen functional groups attached to an aromatic ring is 1. The number of hydrogen-bond acceptors (Lipinski definition) is 8. The van der Waals surface area contributed by atoms with Crippen LogP contribution in [0.25, 0.3) is 10.8 Å². The first-order valence-corrected chi connectivity index (χ1v) is 15.2. The molecule has 3 saturated heterocycles. The van der Waals surface area contributed by atoms with E-state index in [1.807, 2.05) is 13.0 Å². The fraction of sp³-hybridized carbons (Fsp3) is 0.471. The molecule has 0 bridgehead atoms. The fourth-order valence-corrected chi connectivity index (χ4v) is 7.70. The van der Waals surface area contributed by atoms with E-state index in [4.69, 9.17) is 31.6 Å². The molecule has 0 saturated carbocycles. The number of ether oxygens (including phenoxy) is 2. The van der Waals surface area contributed by atoms with E-state index in [1.54, 1.807) is 12.1 Å². The van der Waals surface area contributed by atoms with Gasteiger partial charge in [0.05, 0.1) is 35.1 Å². The van der Waals surface area contributed by atoms with Gasteiger partial charge in [-0.3, -0.25) is 4.90 Å². The second kappa shape index (κ2) is 10.5. The summed E-state index contributed by atoms with van der Waals surface area (Å²) in [7, 11) is 0. The first-order valence-electron chi connectivity index (χ1n) is 15.2. The second-order valence-corrected chi connectivity index (χ2v) is 13.0. The van der Waals surface area contributed by atoms with Gasteiger partial charge in [0.1, 0.15) is 18.2 Å². The number of halogens is 1. The quantitative estimate of drug-likeness (QED) is 0.254. The molecule has 224 valence electrons. The molecule has 3 fully saturated rings. The summed E-state index contributed by atoms with van der Waals surface area (Å²) in [5.74, 6) is 2.82. The molecular formula is C34H38FN5O3. The maximum Gasteiger partial charge on any atom is 0.318 e. The maximum atomic E-state index is 14.8. The Morgan fingerprint density at radius 1 is 1.26 bits per heavy atom. The lowest BCUT2D eigenvalue weighted by Gasteiger charge is -2.39. The van der Waals surface area contributed by atoms with Crippen LogP contribution < -0.4 is 15.4 Å². The van der Waals surface area contributed by atoms with Gasteiger partial charge in [-0.25, -0.2) is 4.39 Å². The van der Waals surface area contributed by atoms with E-state index in [0.717, 1.165) is 79.8 Å². The molecule has 7 rings (SSSR count). The van der Waals surface area contributed by atoms with E-state index in [1.165, 1.54) is 11.6 Å². The van der Waals surface area contributed by atoms with E-state index in [0.29, 0.717) is 36.7 Å². The number of benzene rings is 2. The van der Waals surface area contributed by atoms with E-state index in [9.17, 15) is 9.50 Å². The number of terminal acetylenes is 1. The van der Waals surface area contributed by atoms with Gasteiger partial charge in [-0.05, 0) is 74.7 Å². The van der Waals surface area contributed by atoms with Crippen LogP contribution in [0.3, 0.4) is 0 Å². The zero-order valence-electron chi connectivity index (χ0n) is 24.7. The zero-order chi connectivity index (χ0) is 29.9. The molecule has 0 spiro atoms. The van der Waals surface area contributed by atoms with Crippen LogP contribution in [-0.4, -0.2) is 63.9 Å². The Kier molecular flexibility index (Phi) is 6.84. The predicted octanol–water partition coefficient (Wildman–Crippen LogP) is 4.67. The van der Waals surface area contributed by atoms with Crippen LogP contribution in [-0.2, 0) is 17.8 Å². The molecule has 9 heteroatoms. The molecule has 0 radical (unpaired) electrons. The number of aromatic nitrogens is 2. The van der Waals surface area contributed by atoms with Gasteiger partial charge in [-0.15, -0.1) is 6.42 Å². The molecule has 3 N–H and O–H groups in total. The van der Waals surface area contributed by atoms with Gasteiger partial charge in [0.2, 0.25) is 0 Å². The molecule has 2 aromatic carbocycles. The Morgan fingerprint density at radius 2 is 2.09 bits per heavy atom. The third-order valence-corrected chi connectivity index (χ3v) is 9.65. The summed E-state index contributed by atoms with van der Waals surface area (Å²) in [5.41, 5.74) is 9.83. The molecular weight excluding hydrogens is 545 g/mol. The van der Waals surface area contributed by atoms with Crippen LogP contribution >= 0.6 is 0 Å². The van der Waals surface area contributed by atoms with Crippen LogP contribution in [0.5, 0.6) is 6.01 Å². The van der Waals surface area contributed by atoms with Gasteiger partial charge in [0, 0.05) is 42.7 Å². The molecule has 4 aliphatic rings. The first kappa shape index (κ1) is 28.1. The van der Waals surface area contributed by atoms with Gasteiger partial charge >= 0.3 is 6.01 Å². The van der Waals surface area contributed by atoms with Gasteiger partial charge in [0.15, 0.2) is 0 Å². The number of rotatable bonds is 5. The van der Waals surface area contributed by atoms with Crippen molar-refractivity contribution in [3.05, 3.63) is 64.6 Å². The van der Waals surface area contributed by atoms with Crippen molar-refractivity contribution in [3.63, 3.8) is 0 Å². The summed E-state index contributed by atoms with van der Waals surface area (Å²) >= 11 is 0. The SMILES string of the molecule is C#Cc1c(F)ccc2cc(N)cc([C@H]3Cc4nc(OC[C@@]56CCCN5CC(=C)C6)nc(N5CCC[C@@](C)(O)C5)c4CO3)c12. The van der Waals surface area contributed by atoms with E-state index < -0.39 is 17.5 Å². The van der Waals surface area contributed by atoms with E-state index in [-0.39, 0.29) is 17.7 Å². The van der Waals surface area contributed by atoms with Gasteiger partial charge in [-0.1, -0.05) is 24.1 Å². The van der Waals surface area contributed by atoms with Crippen molar-refractivity contribution in [2.45, 2.75) is 69.3 Å². The molecule has 0 aliphatic carbocycles. The lowest BCUT2D eigenvalue weighted by molar-refractivity contribution is 0.0252. The molecule has 3 aromatic rings. The van der Waals surface area contributed by atoms with Gasteiger partial charge in [0.25, 0.3) is 0 Å². The maximum absolute atomic E-state index is 14.8. The molecule has 5 heterocycles. The highest BCUT2D eigenvalue weighted by atomic mass is 19.1. The monoisotopic (exact) mass is 583 g/mol. The number of hydrogen-bond donors (Lipinski definition) is 2. The smallest absolute Gasteiger partial charge is 0.318 e. The average molecular weight is 584 g/mol. The predicted molar refractivity (Wildman–Crippen MR) is 164 cm³/mol. The minimum Gasteiger partial charge on any atom is -0.461 e. The third-order valence-electron chi connectivity index (χ3n) is 9.65. The van der Waals surface area contributed by atoms with Gasteiger partial charge in [-0.2, -0.15) is 9.97 Å². The van der Waals surface area contributed by atoms with Crippen molar-refractivity contribution >= 4 is 22.3 Å². The van der Waals surface area contributed by atoms with Crippen LogP contribution in [0.1, 0.15) is 67.5 Å². The number of nitrogens with two attached hydrogens (primary N) is 1. The minimum absolute atomic E-state index is 0.0624. The van der Waals surface area contributed by atoms with E-state index in [2.05, 4.69) is 22.3 Å². The summed E-state index contributed by atoms with van der Waals surface area (Å²) in [6.45, 7) is 10.1. The van der Waals surface area contributed by atoms with Crippen molar-refractivity contribution in [1.82, 2.24) is 14.9 Å². The molecule has 0 unspecified atom stereocenters. The number of fused-ring (bicyclic) bond motifs is 3. The van der Waals surface area contributed by atoms with Crippen molar-refractivity contribution in [1.29, 1.82) is 0 Å². The van der Waals surface area contributed by atoms with Crippen LogP contribution in [0.2, 0.25) is 0 Å². The normalized spacial score (nSPS) is 27.3.